The van der Waals surface area contributed by atoms with E-state index >= 15 is 0 Å². The number of ether oxygens (including phenoxy) is 1. The van der Waals surface area contributed by atoms with Gasteiger partial charge in [0.15, 0.2) is 0 Å². The molecule has 0 radical (unpaired) electrons. The van der Waals surface area contributed by atoms with Crippen LogP contribution in [0, 0.1) is 0 Å². The number of hydrogen-bond acceptors (Lipinski definition) is 4. The van der Waals surface area contributed by atoms with Crippen molar-refractivity contribution in [1.29, 1.82) is 0 Å². The van der Waals surface area contributed by atoms with Crippen LogP contribution in [-0.2, 0) is 4.79 Å². The summed E-state index contributed by atoms with van der Waals surface area (Å²) in [7, 11) is 1.57. The fourth-order valence-electron chi connectivity index (χ4n) is 1.97. The number of rotatable bonds is 7. The van der Waals surface area contributed by atoms with E-state index < -0.39 is 5.60 Å². The Morgan fingerprint density at radius 3 is 2.60 bits per heavy atom. The van der Waals surface area contributed by atoms with Gasteiger partial charge in [-0.15, -0.1) is 0 Å². The second-order valence-corrected chi connectivity index (χ2v) is 5.36. The van der Waals surface area contributed by atoms with Crippen molar-refractivity contribution < 1.29 is 14.6 Å². The van der Waals surface area contributed by atoms with Crippen LogP contribution in [0.2, 0.25) is 0 Å². The van der Waals surface area contributed by atoms with E-state index in [4.69, 9.17) is 4.74 Å². The smallest absolute Gasteiger partial charge is 0.238 e. The van der Waals surface area contributed by atoms with Crippen molar-refractivity contribution in [1.82, 2.24) is 4.90 Å². The molecule has 5 heteroatoms. The predicted octanol–water partition coefficient (Wildman–Crippen LogP) is 1.73. The molecular weight excluding hydrogens is 256 g/mol. The number of nitrogens with zero attached hydrogens (tertiary/aromatic N) is 1. The normalized spacial score (nSPS) is 11.5. The standard InChI is InChI=1S/C15H24N2O3/c1-5-17(11-15(2,3)19)10-14(18)16-12-8-6-7-9-13(12)20-4/h6-9,19H,5,10-11H2,1-4H3,(H,16,18). The van der Waals surface area contributed by atoms with Gasteiger partial charge in [0.25, 0.3) is 0 Å². The number of anilines is 1. The van der Waals surface area contributed by atoms with Crippen molar-refractivity contribution in [3.05, 3.63) is 24.3 Å². The predicted molar refractivity (Wildman–Crippen MR) is 80.0 cm³/mol. The number of para-hydroxylation sites is 2. The number of amides is 1. The summed E-state index contributed by atoms with van der Waals surface area (Å²) in [6, 6.07) is 7.28. The number of carbonyl (C=O) groups is 1. The van der Waals surface area contributed by atoms with Crippen LogP contribution >= 0.6 is 0 Å². The Morgan fingerprint density at radius 2 is 2.05 bits per heavy atom. The van der Waals surface area contributed by atoms with E-state index in [0.29, 0.717) is 24.5 Å². The van der Waals surface area contributed by atoms with Crippen molar-refractivity contribution in [3.63, 3.8) is 0 Å². The molecule has 0 fully saturated rings. The maximum absolute atomic E-state index is 12.0. The quantitative estimate of drug-likeness (QED) is 0.798. The summed E-state index contributed by atoms with van der Waals surface area (Å²) in [4.78, 5) is 13.9. The highest BCUT2D eigenvalue weighted by Gasteiger charge is 2.19. The Hall–Kier alpha value is -1.59. The van der Waals surface area contributed by atoms with Gasteiger partial charge in [-0.2, -0.15) is 0 Å². The Balaban J connectivity index is 2.62. The first-order valence-corrected chi connectivity index (χ1v) is 6.73. The minimum atomic E-state index is -0.819. The first kappa shape index (κ1) is 16.5. The molecule has 1 aromatic carbocycles. The van der Waals surface area contributed by atoms with Gasteiger partial charge in [-0.05, 0) is 32.5 Å². The molecule has 112 valence electrons. The van der Waals surface area contributed by atoms with Crippen molar-refractivity contribution in [2.45, 2.75) is 26.4 Å². The second kappa shape index (κ2) is 7.26. The van der Waals surface area contributed by atoms with Gasteiger partial charge in [0.05, 0.1) is 24.9 Å². The molecule has 0 aliphatic rings. The maximum atomic E-state index is 12.0. The molecule has 0 aliphatic carbocycles. The summed E-state index contributed by atoms with van der Waals surface area (Å²) in [6.07, 6.45) is 0. The van der Waals surface area contributed by atoms with Crippen LogP contribution in [0.1, 0.15) is 20.8 Å². The van der Waals surface area contributed by atoms with Crippen LogP contribution in [0.4, 0.5) is 5.69 Å². The van der Waals surface area contributed by atoms with Gasteiger partial charge in [0.2, 0.25) is 5.91 Å². The van der Waals surface area contributed by atoms with E-state index in [-0.39, 0.29) is 12.5 Å². The molecule has 20 heavy (non-hydrogen) atoms. The van der Waals surface area contributed by atoms with Crippen molar-refractivity contribution in [3.8, 4) is 5.75 Å². The van der Waals surface area contributed by atoms with Crippen molar-refractivity contribution in [2.24, 2.45) is 0 Å². The molecule has 0 saturated carbocycles. The molecule has 5 nitrogen and oxygen atoms in total. The lowest BCUT2D eigenvalue weighted by Crippen LogP contribution is -2.42. The summed E-state index contributed by atoms with van der Waals surface area (Å²) >= 11 is 0. The van der Waals surface area contributed by atoms with Gasteiger partial charge in [0.1, 0.15) is 5.75 Å². The van der Waals surface area contributed by atoms with Crippen LogP contribution in [0.15, 0.2) is 24.3 Å². The molecular formula is C15H24N2O3. The Kier molecular flexibility index (Phi) is 5.98. The average molecular weight is 280 g/mol. The molecule has 0 aliphatic heterocycles. The van der Waals surface area contributed by atoms with Crippen molar-refractivity contribution >= 4 is 11.6 Å². The van der Waals surface area contributed by atoms with Crippen molar-refractivity contribution in [2.75, 3.05) is 32.1 Å². The van der Waals surface area contributed by atoms with Crippen LogP contribution < -0.4 is 10.1 Å². The molecule has 0 bridgehead atoms. The summed E-state index contributed by atoms with van der Waals surface area (Å²) in [5.41, 5.74) is -0.167. The van der Waals surface area contributed by atoms with E-state index in [1.54, 1.807) is 33.1 Å². The fraction of sp³-hybridized carbons (Fsp3) is 0.533. The molecule has 0 aromatic heterocycles. The Morgan fingerprint density at radius 1 is 1.40 bits per heavy atom. The monoisotopic (exact) mass is 280 g/mol. The number of carbonyl (C=O) groups excluding carboxylic acids is 1. The van der Waals surface area contributed by atoms with Gasteiger partial charge in [-0.1, -0.05) is 19.1 Å². The molecule has 0 atom stereocenters. The molecule has 1 aromatic rings. The third-order valence-corrected chi connectivity index (χ3v) is 2.81. The summed E-state index contributed by atoms with van der Waals surface area (Å²) in [5, 5.41) is 12.6. The van der Waals surface area contributed by atoms with E-state index in [9.17, 15) is 9.90 Å². The van der Waals surface area contributed by atoms with Gasteiger partial charge in [-0.3, -0.25) is 9.69 Å². The lowest BCUT2D eigenvalue weighted by molar-refractivity contribution is -0.117. The largest absolute Gasteiger partial charge is 0.495 e. The molecule has 0 saturated heterocycles. The highest BCUT2D eigenvalue weighted by molar-refractivity contribution is 5.93. The highest BCUT2D eigenvalue weighted by Crippen LogP contribution is 2.22. The lowest BCUT2D eigenvalue weighted by atomic mass is 10.1. The Labute approximate surface area is 120 Å². The fourth-order valence-corrected chi connectivity index (χ4v) is 1.97. The zero-order valence-electron chi connectivity index (χ0n) is 12.6. The van der Waals surface area contributed by atoms with E-state index in [2.05, 4.69) is 5.32 Å². The number of nitrogens with one attached hydrogen (secondary N) is 1. The van der Waals surface area contributed by atoms with E-state index in [0.717, 1.165) is 0 Å². The number of methoxy groups -OCH3 is 1. The van der Waals surface area contributed by atoms with Crippen LogP contribution in [0.3, 0.4) is 0 Å². The molecule has 1 amide bonds. The molecule has 0 unspecified atom stereocenters. The van der Waals surface area contributed by atoms with E-state index in [1.807, 2.05) is 24.0 Å². The highest BCUT2D eigenvalue weighted by atomic mass is 16.5. The third kappa shape index (κ3) is 5.59. The zero-order chi connectivity index (χ0) is 15.2. The maximum Gasteiger partial charge on any atom is 0.238 e. The van der Waals surface area contributed by atoms with Crippen LogP contribution in [-0.4, -0.2) is 48.3 Å². The molecule has 1 rings (SSSR count). The second-order valence-electron chi connectivity index (χ2n) is 5.36. The van der Waals surface area contributed by atoms with Crippen LogP contribution in [0.5, 0.6) is 5.75 Å². The van der Waals surface area contributed by atoms with E-state index in [1.165, 1.54) is 0 Å². The number of hydrogen-bond donors (Lipinski definition) is 2. The third-order valence-electron chi connectivity index (χ3n) is 2.81. The summed E-state index contributed by atoms with van der Waals surface area (Å²) in [5.74, 6) is 0.506. The van der Waals surface area contributed by atoms with Gasteiger partial charge >= 0.3 is 0 Å². The molecule has 2 N–H and O–H groups in total. The zero-order valence-corrected chi connectivity index (χ0v) is 12.6. The van der Waals surface area contributed by atoms with Gasteiger partial charge < -0.3 is 15.2 Å². The lowest BCUT2D eigenvalue weighted by Gasteiger charge is -2.27. The SMILES string of the molecule is CCN(CC(=O)Nc1ccccc1OC)CC(C)(C)O. The van der Waals surface area contributed by atoms with Gasteiger partial charge in [-0.25, -0.2) is 0 Å². The summed E-state index contributed by atoms with van der Waals surface area (Å²) in [6.45, 7) is 6.80. The topological polar surface area (TPSA) is 61.8 Å². The minimum absolute atomic E-state index is 0.124. The number of aliphatic hydroxyl groups is 1. The van der Waals surface area contributed by atoms with Crippen LogP contribution in [0.25, 0.3) is 0 Å². The first-order valence-electron chi connectivity index (χ1n) is 6.73. The van der Waals surface area contributed by atoms with Gasteiger partial charge in [0, 0.05) is 6.54 Å². The first-order chi connectivity index (χ1) is 9.35. The number of benzene rings is 1. The average Bonchev–Trinajstić information content (AvgIpc) is 2.36. The number of likely N-dealkylation sites (N-methyl/N-ethyl adjacent to an activating group) is 1. The minimum Gasteiger partial charge on any atom is -0.495 e. The Bertz CT molecular complexity index is 441. The molecule has 0 heterocycles. The summed E-state index contributed by atoms with van der Waals surface area (Å²) < 4.78 is 5.19. The molecule has 0 spiro atoms.